The molecule has 110 valence electrons. The SMILES string of the molecule is COc1cccc(Nc2ccc(-c3ccccc3F)nn2)c1. The molecule has 0 bridgehead atoms. The lowest BCUT2D eigenvalue weighted by molar-refractivity contribution is 0.415. The lowest BCUT2D eigenvalue weighted by Gasteiger charge is -2.07. The summed E-state index contributed by atoms with van der Waals surface area (Å²) < 4.78 is 18.9. The van der Waals surface area contributed by atoms with Crippen molar-refractivity contribution in [3.05, 3.63) is 66.5 Å². The van der Waals surface area contributed by atoms with E-state index >= 15 is 0 Å². The normalized spacial score (nSPS) is 10.3. The molecule has 22 heavy (non-hydrogen) atoms. The standard InChI is InChI=1S/C17H14FN3O/c1-22-13-6-4-5-12(11-13)19-17-10-9-16(20-21-17)14-7-2-3-8-15(14)18/h2-11H,1H3,(H,19,21). The Morgan fingerprint density at radius 2 is 1.82 bits per heavy atom. The summed E-state index contributed by atoms with van der Waals surface area (Å²) in [5, 5.41) is 11.3. The summed E-state index contributed by atoms with van der Waals surface area (Å²) in [5.41, 5.74) is 1.77. The molecule has 0 fully saturated rings. The first-order valence-electron chi connectivity index (χ1n) is 6.76. The molecule has 1 N–H and O–H groups in total. The van der Waals surface area contributed by atoms with Crippen LogP contribution in [0.25, 0.3) is 11.3 Å². The molecule has 0 aliphatic heterocycles. The monoisotopic (exact) mass is 295 g/mol. The lowest BCUT2D eigenvalue weighted by atomic mass is 10.1. The molecule has 1 heterocycles. The molecule has 3 aromatic rings. The van der Waals surface area contributed by atoms with E-state index in [0.29, 0.717) is 17.1 Å². The Bertz CT molecular complexity index is 775. The lowest BCUT2D eigenvalue weighted by Crippen LogP contribution is -1.97. The second-order valence-electron chi connectivity index (χ2n) is 4.64. The van der Waals surface area contributed by atoms with Crippen molar-refractivity contribution in [1.82, 2.24) is 10.2 Å². The van der Waals surface area contributed by atoms with Crippen molar-refractivity contribution in [1.29, 1.82) is 0 Å². The topological polar surface area (TPSA) is 47.0 Å². The Labute approximate surface area is 127 Å². The highest BCUT2D eigenvalue weighted by Crippen LogP contribution is 2.23. The van der Waals surface area contributed by atoms with Crippen molar-refractivity contribution < 1.29 is 9.13 Å². The molecule has 0 spiro atoms. The number of anilines is 2. The Morgan fingerprint density at radius 3 is 2.55 bits per heavy atom. The van der Waals surface area contributed by atoms with Crippen LogP contribution in [0.5, 0.6) is 5.75 Å². The van der Waals surface area contributed by atoms with Gasteiger partial charge in [0.05, 0.1) is 12.8 Å². The first-order chi connectivity index (χ1) is 10.8. The van der Waals surface area contributed by atoms with E-state index in [0.717, 1.165) is 11.4 Å². The van der Waals surface area contributed by atoms with Gasteiger partial charge in [-0.2, -0.15) is 0 Å². The zero-order chi connectivity index (χ0) is 15.4. The maximum Gasteiger partial charge on any atom is 0.153 e. The average Bonchev–Trinajstić information content (AvgIpc) is 2.56. The average molecular weight is 295 g/mol. The summed E-state index contributed by atoms with van der Waals surface area (Å²) in [4.78, 5) is 0. The Morgan fingerprint density at radius 1 is 0.955 bits per heavy atom. The molecule has 0 radical (unpaired) electrons. The summed E-state index contributed by atoms with van der Waals surface area (Å²) in [6.45, 7) is 0. The second kappa shape index (κ2) is 6.22. The van der Waals surface area contributed by atoms with Crippen LogP contribution in [-0.4, -0.2) is 17.3 Å². The van der Waals surface area contributed by atoms with Crippen molar-refractivity contribution in [3.8, 4) is 17.0 Å². The van der Waals surface area contributed by atoms with Crippen LogP contribution in [0.1, 0.15) is 0 Å². The van der Waals surface area contributed by atoms with Crippen LogP contribution in [0.15, 0.2) is 60.7 Å². The molecule has 0 aliphatic rings. The summed E-state index contributed by atoms with van der Waals surface area (Å²) in [6.07, 6.45) is 0. The van der Waals surface area contributed by atoms with Gasteiger partial charge in [0.15, 0.2) is 5.82 Å². The van der Waals surface area contributed by atoms with E-state index in [1.807, 2.05) is 24.3 Å². The van der Waals surface area contributed by atoms with Crippen molar-refractivity contribution in [2.45, 2.75) is 0 Å². The molecule has 2 aromatic carbocycles. The first kappa shape index (κ1) is 14.0. The molecule has 0 saturated heterocycles. The number of aromatic nitrogens is 2. The molecule has 3 rings (SSSR count). The third-order valence-electron chi connectivity index (χ3n) is 3.16. The smallest absolute Gasteiger partial charge is 0.153 e. The van der Waals surface area contributed by atoms with Crippen LogP contribution in [-0.2, 0) is 0 Å². The van der Waals surface area contributed by atoms with Gasteiger partial charge in [-0.1, -0.05) is 18.2 Å². The summed E-state index contributed by atoms with van der Waals surface area (Å²) >= 11 is 0. The number of nitrogens with zero attached hydrogens (tertiary/aromatic N) is 2. The third-order valence-corrected chi connectivity index (χ3v) is 3.16. The molecule has 0 saturated carbocycles. The predicted octanol–water partition coefficient (Wildman–Crippen LogP) is 4.03. The van der Waals surface area contributed by atoms with Gasteiger partial charge in [-0.3, -0.25) is 0 Å². The van der Waals surface area contributed by atoms with Gasteiger partial charge in [0.1, 0.15) is 11.6 Å². The van der Waals surface area contributed by atoms with Crippen molar-refractivity contribution >= 4 is 11.5 Å². The summed E-state index contributed by atoms with van der Waals surface area (Å²) in [7, 11) is 1.61. The molecular formula is C17H14FN3O. The van der Waals surface area contributed by atoms with Gasteiger partial charge in [0, 0.05) is 17.3 Å². The van der Waals surface area contributed by atoms with E-state index in [1.54, 1.807) is 37.4 Å². The minimum absolute atomic E-state index is 0.315. The first-order valence-corrected chi connectivity index (χ1v) is 6.76. The van der Waals surface area contributed by atoms with Crippen LogP contribution in [0.4, 0.5) is 15.9 Å². The molecular weight excluding hydrogens is 281 g/mol. The summed E-state index contributed by atoms with van der Waals surface area (Å²) in [5.74, 6) is 1.01. The van der Waals surface area contributed by atoms with Crippen LogP contribution in [0, 0.1) is 5.82 Å². The Balaban J connectivity index is 1.81. The van der Waals surface area contributed by atoms with E-state index in [4.69, 9.17) is 4.74 Å². The number of nitrogens with one attached hydrogen (secondary N) is 1. The number of rotatable bonds is 4. The molecule has 0 amide bonds. The van der Waals surface area contributed by atoms with Gasteiger partial charge in [0.25, 0.3) is 0 Å². The molecule has 5 heteroatoms. The number of halogens is 1. The fourth-order valence-corrected chi connectivity index (χ4v) is 2.06. The fraction of sp³-hybridized carbons (Fsp3) is 0.0588. The predicted molar refractivity (Wildman–Crippen MR) is 83.7 cm³/mol. The maximum absolute atomic E-state index is 13.7. The van der Waals surface area contributed by atoms with E-state index < -0.39 is 0 Å². The minimum atomic E-state index is -0.315. The summed E-state index contributed by atoms with van der Waals surface area (Å²) in [6, 6.07) is 17.5. The second-order valence-corrected chi connectivity index (χ2v) is 4.64. The van der Waals surface area contributed by atoms with Crippen molar-refractivity contribution in [3.63, 3.8) is 0 Å². The zero-order valence-electron chi connectivity index (χ0n) is 12.0. The molecule has 4 nitrogen and oxygen atoms in total. The number of methoxy groups -OCH3 is 1. The largest absolute Gasteiger partial charge is 0.497 e. The van der Waals surface area contributed by atoms with Gasteiger partial charge < -0.3 is 10.1 Å². The van der Waals surface area contributed by atoms with Crippen LogP contribution < -0.4 is 10.1 Å². The van der Waals surface area contributed by atoms with Gasteiger partial charge in [-0.25, -0.2) is 4.39 Å². The van der Waals surface area contributed by atoms with Crippen molar-refractivity contribution in [2.24, 2.45) is 0 Å². The van der Waals surface area contributed by atoms with E-state index in [-0.39, 0.29) is 5.82 Å². The van der Waals surface area contributed by atoms with Gasteiger partial charge >= 0.3 is 0 Å². The van der Waals surface area contributed by atoms with Crippen LogP contribution >= 0.6 is 0 Å². The number of hydrogen-bond donors (Lipinski definition) is 1. The third kappa shape index (κ3) is 3.03. The molecule has 1 aromatic heterocycles. The van der Waals surface area contributed by atoms with Gasteiger partial charge in [0.2, 0.25) is 0 Å². The minimum Gasteiger partial charge on any atom is -0.497 e. The highest BCUT2D eigenvalue weighted by molar-refractivity contribution is 5.62. The fourth-order valence-electron chi connectivity index (χ4n) is 2.06. The van der Waals surface area contributed by atoms with E-state index in [2.05, 4.69) is 15.5 Å². The Kier molecular flexibility index (Phi) is 3.96. The quantitative estimate of drug-likeness (QED) is 0.789. The molecule has 0 unspecified atom stereocenters. The zero-order valence-corrected chi connectivity index (χ0v) is 12.0. The number of benzene rings is 2. The highest BCUT2D eigenvalue weighted by Gasteiger charge is 2.06. The molecule has 0 aliphatic carbocycles. The molecule has 0 atom stereocenters. The van der Waals surface area contributed by atoms with Crippen LogP contribution in [0.2, 0.25) is 0 Å². The maximum atomic E-state index is 13.7. The van der Waals surface area contributed by atoms with Crippen LogP contribution in [0.3, 0.4) is 0 Å². The Hall–Kier alpha value is -2.95. The van der Waals surface area contributed by atoms with Gasteiger partial charge in [-0.15, -0.1) is 10.2 Å². The van der Waals surface area contributed by atoms with E-state index in [1.165, 1.54) is 6.07 Å². The number of ether oxygens (including phenoxy) is 1. The highest BCUT2D eigenvalue weighted by atomic mass is 19.1. The van der Waals surface area contributed by atoms with Gasteiger partial charge in [-0.05, 0) is 36.4 Å². The number of hydrogen-bond acceptors (Lipinski definition) is 4. The van der Waals surface area contributed by atoms with Crippen molar-refractivity contribution in [2.75, 3.05) is 12.4 Å². The van der Waals surface area contributed by atoms with E-state index in [9.17, 15) is 4.39 Å².